The molecule has 0 spiro atoms. The highest BCUT2D eigenvalue weighted by atomic mass is 16.4. The molecule has 0 aliphatic rings. The Balaban J connectivity index is 2.56. The molecule has 15 heavy (non-hydrogen) atoms. The third kappa shape index (κ3) is 3.72. The summed E-state index contributed by atoms with van der Waals surface area (Å²) in [5.74, 6) is -0.820. The van der Waals surface area contributed by atoms with Gasteiger partial charge in [-0.05, 0) is 5.56 Å². The molecule has 0 atom stereocenters. The summed E-state index contributed by atoms with van der Waals surface area (Å²) in [7, 11) is 0. The molecule has 0 aliphatic heterocycles. The molecule has 1 aromatic carbocycles. The van der Waals surface area contributed by atoms with Gasteiger partial charge in [-0.2, -0.15) is 0 Å². The highest BCUT2D eigenvalue weighted by Crippen LogP contribution is 2.21. The first-order valence-corrected chi connectivity index (χ1v) is 5.00. The summed E-state index contributed by atoms with van der Waals surface area (Å²) in [6.45, 7) is 4.86. The van der Waals surface area contributed by atoms with E-state index in [0.29, 0.717) is 6.54 Å². The summed E-state index contributed by atoms with van der Waals surface area (Å²) in [6, 6.07) is 10.1. The van der Waals surface area contributed by atoms with Crippen molar-refractivity contribution >= 4 is 5.97 Å². The van der Waals surface area contributed by atoms with Crippen LogP contribution in [-0.2, 0) is 10.2 Å². The van der Waals surface area contributed by atoms with E-state index in [2.05, 4.69) is 31.3 Å². The molecule has 1 rings (SSSR count). The van der Waals surface area contributed by atoms with Gasteiger partial charge in [0, 0.05) is 12.0 Å². The Hall–Kier alpha value is -1.35. The van der Waals surface area contributed by atoms with Gasteiger partial charge in [0.05, 0.1) is 6.54 Å². The topological polar surface area (TPSA) is 49.3 Å². The molecule has 0 bridgehead atoms. The molecule has 0 fully saturated rings. The number of carbonyl (C=O) groups is 1. The highest BCUT2D eigenvalue weighted by Gasteiger charge is 2.19. The van der Waals surface area contributed by atoms with Gasteiger partial charge in [-0.3, -0.25) is 4.79 Å². The minimum absolute atomic E-state index is 0.0102. The summed E-state index contributed by atoms with van der Waals surface area (Å²) < 4.78 is 0. The zero-order valence-corrected chi connectivity index (χ0v) is 9.16. The predicted octanol–water partition coefficient (Wildman–Crippen LogP) is 1.64. The van der Waals surface area contributed by atoms with Crippen LogP contribution in [0.15, 0.2) is 30.3 Å². The van der Waals surface area contributed by atoms with Crippen molar-refractivity contribution in [1.82, 2.24) is 5.32 Å². The normalized spacial score (nSPS) is 11.3. The summed E-state index contributed by atoms with van der Waals surface area (Å²) in [6.07, 6.45) is 0. The maximum atomic E-state index is 10.4. The molecule has 3 heteroatoms. The van der Waals surface area contributed by atoms with Gasteiger partial charge in [-0.15, -0.1) is 0 Å². The number of nitrogens with one attached hydrogen (secondary N) is 1. The molecule has 0 saturated heterocycles. The van der Waals surface area contributed by atoms with E-state index in [9.17, 15) is 4.79 Å². The molecule has 0 amide bonds. The average Bonchev–Trinajstić information content (AvgIpc) is 2.18. The highest BCUT2D eigenvalue weighted by molar-refractivity contribution is 5.69. The van der Waals surface area contributed by atoms with Crippen LogP contribution in [0.25, 0.3) is 0 Å². The smallest absolute Gasteiger partial charge is 0.317 e. The fraction of sp³-hybridized carbons (Fsp3) is 0.417. The van der Waals surface area contributed by atoms with Gasteiger partial charge in [-0.25, -0.2) is 0 Å². The van der Waals surface area contributed by atoms with Crippen LogP contribution < -0.4 is 5.32 Å². The van der Waals surface area contributed by atoms with E-state index >= 15 is 0 Å². The van der Waals surface area contributed by atoms with Gasteiger partial charge in [0.2, 0.25) is 0 Å². The van der Waals surface area contributed by atoms with E-state index in [0.717, 1.165) is 0 Å². The second-order valence-corrected chi connectivity index (χ2v) is 4.25. The number of aliphatic carboxylic acids is 1. The van der Waals surface area contributed by atoms with E-state index in [1.165, 1.54) is 5.56 Å². The number of hydrogen-bond acceptors (Lipinski definition) is 2. The van der Waals surface area contributed by atoms with Gasteiger partial charge >= 0.3 is 5.97 Å². The quantitative estimate of drug-likeness (QED) is 0.771. The molecule has 2 N–H and O–H groups in total. The maximum absolute atomic E-state index is 10.4. The third-order valence-corrected chi connectivity index (χ3v) is 2.40. The first-order valence-electron chi connectivity index (χ1n) is 5.00. The minimum Gasteiger partial charge on any atom is -0.480 e. The van der Waals surface area contributed by atoms with Crippen LogP contribution in [0.4, 0.5) is 0 Å². The Bertz CT molecular complexity index is 320. The van der Waals surface area contributed by atoms with Gasteiger partial charge in [-0.1, -0.05) is 44.2 Å². The van der Waals surface area contributed by atoms with Crippen molar-refractivity contribution in [1.29, 1.82) is 0 Å². The minimum atomic E-state index is -0.820. The predicted molar refractivity (Wildman–Crippen MR) is 60.0 cm³/mol. The third-order valence-electron chi connectivity index (χ3n) is 2.40. The van der Waals surface area contributed by atoms with E-state index in [-0.39, 0.29) is 12.0 Å². The van der Waals surface area contributed by atoms with Crippen molar-refractivity contribution in [2.45, 2.75) is 19.3 Å². The molecule has 1 aromatic rings. The van der Waals surface area contributed by atoms with Crippen LogP contribution in [0.3, 0.4) is 0 Å². The zero-order chi connectivity index (χ0) is 11.3. The standard InChI is InChI=1S/C12H17NO2/c1-12(2,9-13-8-11(14)15)10-6-4-3-5-7-10/h3-7,13H,8-9H2,1-2H3,(H,14,15). The first-order chi connectivity index (χ1) is 7.02. The summed E-state index contributed by atoms with van der Waals surface area (Å²) >= 11 is 0. The second kappa shape index (κ2) is 4.94. The molecular formula is C12H17NO2. The van der Waals surface area contributed by atoms with Gasteiger partial charge in [0.1, 0.15) is 0 Å². The molecule has 0 aromatic heterocycles. The monoisotopic (exact) mass is 207 g/mol. The van der Waals surface area contributed by atoms with Crippen LogP contribution in [0, 0.1) is 0 Å². The van der Waals surface area contributed by atoms with Crippen LogP contribution >= 0.6 is 0 Å². The van der Waals surface area contributed by atoms with Crippen LogP contribution in [0.1, 0.15) is 19.4 Å². The Morgan fingerprint density at radius 3 is 2.47 bits per heavy atom. The maximum Gasteiger partial charge on any atom is 0.317 e. The van der Waals surface area contributed by atoms with Gasteiger partial charge in [0.25, 0.3) is 0 Å². The van der Waals surface area contributed by atoms with Crippen molar-refractivity contribution < 1.29 is 9.90 Å². The number of hydrogen-bond donors (Lipinski definition) is 2. The Kier molecular flexibility index (Phi) is 3.86. The van der Waals surface area contributed by atoms with Crippen LogP contribution in [0.5, 0.6) is 0 Å². The van der Waals surface area contributed by atoms with Crippen molar-refractivity contribution in [2.75, 3.05) is 13.1 Å². The summed E-state index contributed by atoms with van der Waals surface area (Å²) in [5.41, 5.74) is 1.17. The van der Waals surface area contributed by atoms with Crippen molar-refractivity contribution in [2.24, 2.45) is 0 Å². The summed E-state index contributed by atoms with van der Waals surface area (Å²) in [4.78, 5) is 10.4. The SMILES string of the molecule is CC(C)(CNCC(=O)O)c1ccccc1. The molecule has 0 heterocycles. The Morgan fingerprint density at radius 1 is 1.33 bits per heavy atom. The number of carboxylic acids is 1. The average molecular weight is 207 g/mol. The molecule has 82 valence electrons. The molecular weight excluding hydrogens is 190 g/mol. The molecule has 3 nitrogen and oxygen atoms in total. The number of benzene rings is 1. The molecule has 0 unspecified atom stereocenters. The van der Waals surface area contributed by atoms with Crippen molar-refractivity contribution in [3.8, 4) is 0 Å². The van der Waals surface area contributed by atoms with Crippen molar-refractivity contribution in [3.63, 3.8) is 0 Å². The lowest BCUT2D eigenvalue weighted by molar-refractivity contribution is -0.136. The van der Waals surface area contributed by atoms with Crippen LogP contribution in [-0.4, -0.2) is 24.2 Å². The zero-order valence-electron chi connectivity index (χ0n) is 9.16. The largest absolute Gasteiger partial charge is 0.480 e. The lowest BCUT2D eigenvalue weighted by Gasteiger charge is -2.25. The number of carboxylic acid groups (broad SMARTS) is 1. The Morgan fingerprint density at radius 2 is 1.93 bits per heavy atom. The number of rotatable bonds is 5. The van der Waals surface area contributed by atoms with E-state index in [4.69, 9.17) is 5.11 Å². The van der Waals surface area contributed by atoms with E-state index in [1.807, 2.05) is 18.2 Å². The Labute approximate surface area is 90.1 Å². The fourth-order valence-electron chi connectivity index (χ4n) is 1.47. The second-order valence-electron chi connectivity index (χ2n) is 4.25. The fourth-order valence-corrected chi connectivity index (χ4v) is 1.47. The molecule has 0 saturated carbocycles. The van der Waals surface area contributed by atoms with E-state index in [1.54, 1.807) is 0 Å². The molecule has 0 radical (unpaired) electrons. The lowest BCUT2D eigenvalue weighted by atomic mass is 9.85. The van der Waals surface area contributed by atoms with Gasteiger partial charge in [0.15, 0.2) is 0 Å². The first kappa shape index (κ1) is 11.7. The lowest BCUT2D eigenvalue weighted by Crippen LogP contribution is -2.35. The van der Waals surface area contributed by atoms with Crippen LogP contribution in [0.2, 0.25) is 0 Å². The van der Waals surface area contributed by atoms with Gasteiger partial charge < -0.3 is 10.4 Å². The molecule has 0 aliphatic carbocycles. The van der Waals surface area contributed by atoms with E-state index < -0.39 is 5.97 Å². The summed E-state index contributed by atoms with van der Waals surface area (Å²) in [5, 5.41) is 11.4. The van der Waals surface area contributed by atoms with Crippen molar-refractivity contribution in [3.05, 3.63) is 35.9 Å².